The van der Waals surface area contributed by atoms with Crippen molar-refractivity contribution >= 4 is 35.8 Å². The van der Waals surface area contributed by atoms with E-state index in [4.69, 9.17) is 0 Å². The molecule has 0 aliphatic rings. The highest BCUT2D eigenvalue weighted by Gasteiger charge is 2.06. The molecule has 0 fully saturated rings. The summed E-state index contributed by atoms with van der Waals surface area (Å²) in [5, 5.41) is 9.32. The summed E-state index contributed by atoms with van der Waals surface area (Å²) >= 11 is 0. The van der Waals surface area contributed by atoms with E-state index in [0.717, 1.165) is 25.5 Å². The van der Waals surface area contributed by atoms with E-state index in [9.17, 15) is 4.79 Å². The molecule has 1 amide bonds. The lowest BCUT2D eigenvalue weighted by atomic mass is 10.0. The predicted molar refractivity (Wildman–Crippen MR) is 117 cm³/mol. The Morgan fingerprint density at radius 2 is 1.76 bits per heavy atom. The third-order valence-corrected chi connectivity index (χ3v) is 3.73. The standard InChI is InChI=1S/C19H32N4O.HI/c1-5-12-21-18(24)11-13-22-19(20-6-2)23-14-16(4)17-9-7-15(3)8-10-17;/h7-10,16H,5-6,11-14H2,1-4H3,(H,21,24)(H2,20,22,23);1H. The van der Waals surface area contributed by atoms with Crippen LogP contribution in [-0.2, 0) is 4.79 Å². The Labute approximate surface area is 169 Å². The van der Waals surface area contributed by atoms with Crippen molar-refractivity contribution in [2.75, 3.05) is 26.2 Å². The Bertz CT molecular complexity index is 517. The number of carbonyl (C=O) groups excluding carboxylic acids is 1. The lowest BCUT2D eigenvalue weighted by molar-refractivity contribution is -0.120. The van der Waals surface area contributed by atoms with Crippen LogP contribution in [0.25, 0.3) is 0 Å². The fraction of sp³-hybridized carbons (Fsp3) is 0.579. The number of benzene rings is 1. The Kier molecular flexibility index (Phi) is 13.2. The zero-order valence-corrected chi connectivity index (χ0v) is 18.2. The number of nitrogens with one attached hydrogen (secondary N) is 3. The molecular weight excluding hydrogens is 427 g/mol. The molecule has 1 aromatic rings. The second-order valence-corrected chi connectivity index (χ2v) is 6.06. The summed E-state index contributed by atoms with van der Waals surface area (Å²) in [7, 11) is 0. The first-order valence-corrected chi connectivity index (χ1v) is 8.92. The molecule has 0 aliphatic heterocycles. The van der Waals surface area contributed by atoms with Gasteiger partial charge in [-0.15, -0.1) is 24.0 Å². The van der Waals surface area contributed by atoms with Crippen LogP contribution >= 0.6 is 24.0 Å². The van der Waals surface area contributed by atoms with E-state index in [1.165, 1.54) is 11.1 Å². The molecule has 3 N–H and O–H groups in total. The summed E-state index contributed by atoms with van der Waals surface area (Å²) in [6, 6.07) is 8.59. The Morgan fingerprint density at radius 3 is 2.36 bits per heavy atom. The first kappa shape index (κ1) is 23.7. The van der Waals surface area contributed by atoms with Crippen molar-refractivity contribution in [3.63, 3.8) is 0 Å². The van der Waals surface area contributed by atoms with Crippen molar-refractivity contribution in [1.29, 1.82) is 0 Å². The number of rotatable bonds is 9. The molecule has 1 rings (SSSR count). The molecule has 0 spiro atoms. The second-order valence-electron chi connectivity index (χ2n) is 6.06. The maximum atomic E-state index is 11.6. The molecule has 25 heavy (non-hydrogen) atoms. The summed E-state index contributed by atoms with van der Waals surface area (Å²) in [4.78, 5) is 16.2. The van der Waals surface area contributed by atoms with Crippen LogP contribution < -0.4 is 16.0 Å². The second kappa shape index (κ2) is 13.9. The van der Waals surface area contributed by atoms with Gasteiger partial charge in [0.15, 0.2) is 5.96 Å². The lowest BCUT2D eigenvalue weighted by Crippen LogP contribution is -2.39. The summed E-state index contributed by atoms with van der Waals surface area (Å²) in [6.45, 7) is 11.2. The summed E-state index contributed by atoms with van der Waals surface area (Å²) in [5.74, 6) is 1.20. The number of amides is 1. The van der Waals surface area contributed by atoms with Gasteiger partial charge >= 0.3 is 0 Å². The molecule has 0 aromatic heterocycles. The SMILES string of the molecule is CCCNC(=O)CCNC(=NCC(C)c1ccc(C)cc1)NCC.I. The maximum absolute atomic E-state index is 11.6. The number of hydrogen-bond acceptors (Lipinski definition) is 2. The highest BCUT2D eigenvalue weighted by atomic mass is 127. The smallest absolute Gasteiger partial charge is 0.221 e. The van der Waals surface area contributed by atoms with Gasteiger partial charge in [0.2, 0.25) is 5.91 Å². The first-order chi connectivity index (χ1) is 11.6. The van der Waals surface area contributed by atoms with E-state index >= 15 is 0 Å². The average molecular weight is 460 g/mol. The number of hydrogen-bond donors (Lipinski definition) is 3. The van der Waals surface area contributed by atoms with Crippen molar-refractivity contribution in [2.24, 2.45) is 4.99 Å². The molecule has 142 valence electrons. The van der Waals surface area contributed by atoms with Gasteiger partial charge in [-0.1, -0.05) is 43.7 Å². The molecule has 0 saturated heterocycles. The van der Waals surface area contributed by atoms with E-state index in [-0.39, 0.29) is 29.9 Å². The van der Waals surface area contributed by atoms with Gasteiger partial charge in [-0.05, 0) is 25.8 Å². The third-order valence-electron chi connectivity index (χ3n) is 3.73. The van der Waals surface area contributed by atoms with Crippen LogP contribution in [0.5, 0.6) is 0 Å². The van der Waals surface area contributed by atoms with Gasteiger partial charge in [-0.25, -0.2) is 0 Å². The first-order valence-electron chi connectivity index (χ1n) is 8.92. The van der Waals surface area contributed by atoms with Gasteiger partial charge in [0, 0.05) is 38.5 Å². The number of aliphatic imine (C=N–C) groups is 1. The number of halogens is 1. The number of carbonyl (C=O) groups is 1. The molecule has 0 radical (unpaired) electrons. The van der Waals surface area contributed by atoms with Crippen LogP contribution in [0.4, 0.5) is 0 Å². The minimum absolute atomic E-state index is 0. The van der Waals surface area contributed by atoms with Gasteiger partial charge in [0.05, 0.1) is 0 Å². The normalized spacial score (nSPS) is 12.1. The van der Waals surface area contributed by atoms with Crippen LogP contribution in [0.1, 0.15) is 50.7 Å². The number of aryl methyl sites for hydroxylation is 1. The van der Waals surface area contributed by atoms with E-state index in [1.807, 2.05) is 13.8 Å². The molecule has 5 nitrogen and oxygen atoms in total. The highest BCUT2D eigenvalue weighted by molar-refractivity contribution is 14.0. The van der Waals surface area contributed by atoms with E-state index in [2.05, 4.69) is 59.1 Å². The summed E-state index contributed by atoms with van der Waals surface area (Å²) in [5.41, 5.74) is 2.56. The summed E-state index contributed by atoms with van der Waals surface area (Å²) < 4.78 is 0. The van der Waals surface area contributed by atoms with Crippen LogP contribution in [0.2, 0.25) is 0 Å². The van der Waals surface area contributed by atoms with Gasteiger partial charge < -0.3 is 16.0 Å². The van der Waals surface area contributed by atoms with Crippen molar-refractivity contribution in [2.45, 2.75) is 46.5 Å². The van der Waals surface area contributed by atoms with Crippen molar-refractivity contribution in [3.8, 4) is 0 Å². The average Bonchev–Trinajstić information content (AvgIpc) is 2.58. The molecule has 1 unspecified atom stereocenters. The largest absolute Gasteiger partial charge is 0.357 e. The molecule has 0 heterocycles. The minimum atomic E-state index is 0. The molecule has 1 atom stereocenters. The van der Waals surface area contributed by atoms with Crippen LogP contribution in [-0.4, -0.2) is 38.0 Å². The van der Waals surface area contributed by atoms with E-state index < -0.39 is 0 Å². The van der Waals surface area contributed by atoms with Crippen molar-refractivity contribution < 1.29 is 4.79 Å². The Morgan fingerprint density at radius 1 is 1.08 bits per heavy atom. The molecular formula is C19H33IN4O. The topological polar surface area (TPSA) is 65.5 Å². The van der Waals surface area contributed by atoms with Crippen molar-refractivity contribution in [3.05, 3.63) is 35.4 Å². The molecule has 1 aromatic carbocycles. The lowest BCUT2D eigenvalue weighted by Gasteiger charge is -2.14. The van der Waals surface area contributed by atoms with Crippen LogP contribution in [0.15, 0.2) is 29.3 Å². The van der Waals surface area contributed by atoms with Crippen LogP contribution in [0, 0.1) is 6.92 Å². The molecule has 0 bridgehead atoms. The highest BCUT2D eigenvalue weighted by Crippen LogP contribution is 2.15. The van der Waals surface area contributed by atoms with Crippen molar-refractivity contribution in [1.82, 2.24) is 16.0 Å². The molecule has 0 saturated carbocycles. The molecule has 0 aliphatic carbocycles. The Hall–Kier alpha value is -1.31. The predicted octanol–water partition coefficient (Wildman–Crippen LogP) is 3.19. The zero-order chi connectivity index (χ0) is 17.8. The fourth-order valence-corrected chi connectivity index (χ4v) is 2.22. The van der Waals surface area contributed by atoms with Gasteiger partial charge in [0.1, 0.15) is 0 Å². The molecule has 6 heteroatoms. The van der Waals surface area contributed by atoms with Gasteiger partial charge in [-0.3, -0.25) is 9.79 Å². The quantitative estimate of drug-likeness (QED) is 0.301. The van der Waals surface area contributed by atoms with Gasteiger partial charge in [-0.2, -0.15) is 0 Å². The number of nitrogens with zero attached hydrogens (tertiary/aromatic N) is 1. The Balaban J connectivity index is 0.00000576. The van der Waals surface area contributed by atoms with Gasteiger partial charge in [0.25, 0.3) is 0 Å². The summed E-state index contributed by atoms with van der Waals surface area (Å²) in [6.07, 6.45) is 1.41. The van der Waals surface area contributed by atoms with Crippen LogP contribution in [0.3, 0.4) is 0 Å². The third kappa shape index (κ3) is 10.3. The minimum Gasteiger partial charge on any atom is -0.357 e. The number of guanidine groups is 1. The van der Waals surface area contributed by atoms with E-state index in [0.29, 0.717) is 25.4 Å². The monoisotopic (exact) mass is 460 g/mol. The fourth-order valence-electron chi connectivity index (χ4n) is 2.22. The maximum Gasteiger partial charge on any atom is 0.221 e. The van der Waals surface area contributed by atoms with E-state index in [1.54, 1.807) is 0 Å². The zero-order valence-electron chi connectivity index (χ0n) is 15.9.